The van der Waals surface area contributed by atoms with Crippen molar-refractivity contribution in [2.75, 3.05) is 11.5 Å². The second kappa shape index (κ2) is 15.8. The number of benzene rings is 2. The molecule has 6 rings (SSSR count). The molecule has 0 atom stereocenters. The summed E-state index contributed by atoms with van der Waals surface area (Å²) in [6.45, 7) is 1.66. The second-order valence-electron chi connectivity index (χ2n) is 10.7. The van der Waals surface area contributed by atoms with Gasteiger partial charge in [0.05, 0.1) is 30.3 Å². The first-order valence-electron chi connectivity index (χ1n) is 15.0. The van der Waals surface area contributed by atoms with Gasteiger partial charge in [-0.05, 0) is 62.5 Å². The summed E-state index contributed by atoms with van der Waals surface area (Å²) in [6.07, 6.45) is 15.4. The van der Waals surface area contributed by atoms with Crippen LogP contribution in [0.25, 0.3) is 0 Å². The molecule has 0 spiro atoms. The van der Waals surface area contributed by atoms with E-state index >= 15 is 0 Å². The van der Waals surface area contributed by atoms with Crippen LogP contribution in [0.3, 0.4) is 0 Å². The van der Waals surface area contributed by atoms with Gasteiger partial charge >= 0.3 is 0 Å². The molecule has 12 nitrogen and oxygen atoms in total. The van der Waals surface area contributed by atoms with E-state index in [-0.39, 0.29) is 0 Å². The molecule has 0 bridgehead atoms. The van der Waals surface area contributed by atoms with Gasteiger partial charge in [0.25, 0.3) is 0 Å². The lowest BCUT2D eigenvalue weighted by Gasteiger charge is -2.01. The van der Waals surface area contributed by atoms with Crippen LogP contribution < -0.4 is 11.5 Å². The summed E-state index contributed by atoms with van der Waals surface area (Å²) in [4.78, 5) is 14.0. The number of hydrogen-bond acceptors (Lipinski definition) is 8. The zero-order valence-corrected chi connectivity index (χ0v) is 24.9. The van der Waals surface area contributed by atoms with Crippen LogP contribution in [0.1, 0.15) is 53.2 Å². The Balaban J connectivity index is 0.000000175. The number of nitrogens with two attached hydrogens (primary N) is 2. The number of aromatic nitrogens is 10. The van der Waals surface area contributed by atoms with Crippen molar-refractivity contribution in [2.24, 2.45) is 0 Å². The molecule has 0 aliphatic heterocycles. The van der Waals surface area contributed by atoms with Crippen molar-refractivity contribution in [3.05, 3.63) is 119 Å². The Labute approximate surface area is 257 Å². The maximum absolute atomic E-state index is 5.56. The number of H-pyrrole nitrogens is 2. The number of aromatic amines is 2. The number of aryl methyl sites for hydroxylation is 6. The molecule has 0 unspecified atom stereocenters. The predicted octanol–water partition coefficient (Wildman–Crippen LogP) is 4.20. The van der Waals surface area contributed by atoms with Gasteiger partial charge < -0.3 is 21.4 Å². The van der Waals surface area contributed by atoms with Crippen LogP contribution in [0.15, 0.2) is 85.5 Å². The van der Waals surface area contributed by atoms with E-state index in [1.165, 1.54) is 11.1 Å². The Bertz CT molecular complexity index is 1650. The van der Waals surface area contributed by atoms with Crippen molar-refractivity contribution in [3.8, 4) is 0 Å². The third-order valence-corrected chi connectivity index (χ3v) is 7.11. The first-order chi connectivity index (χ1) is 21.6. The van der Waals surface area contributed by atoms with E-state index < -0.39 is 0 Å². The fourth-order valence-corrected chi connectivity index (χ4v) is 4.88. The molecule has 0 fully saturated rings. The van der Waals surface area contributed by atoms with Gasteiger partial charge in [-0.1, -0.05) is 71.1 Å². The lowest BCUT2D eigenvalue weighted by Crippen LogP contribution is -2.00. The standard InChI is InChI=1S/C17H22N6.C15H18N6/c18-17-19-12-15(20-17)9-4-10-16-13-23(22-21-16)11-5-8-14-6-2-1-3-7-14;16-15-17-9-13(18-15)7-4-8-14-11-21(20-19-14)10-12-5-2-1-3-6-12/h1-3,6-7,12-13H,4-5,8-11H2,(H3,18,19,20);1-3,5-6,9,11H,4,7-8,10H2,(H3,16,17,18). The fourth-order valence-electron chi connectivity index (χ4n) is 4.88. The number of nitrogens with one attached hydrogen (secondary N) is 2. The molecular weight excluding hydrogens is 552 g/mol. The molecule has 0 saturated heterocycles. The van der Waals surface area contributed by atoms with Gasteiger partial charge in [-0.3, -0.25) is 4.68 Å². The van der Waals surface area contributed by atoms with Gasteiger partial charge in [0.2, 0.25) is 0 Å². The van der Waals surface area contributed by atoms with Crippen molar-refractivity contribution in [1.82, 2.24) is 49.9 Å². The Morgan fingerprint density at radius 3 is 1.64 bits per heavy atom. The number of anilines is 2. The highest BCUT2D eigenvalue weighted by atomic mass is 15.4. The summed E-state index contributed by atoms with van der Waals surface area (Å²) in [5.41, 5.74) is 17.9. The summed E-state index contributed by atoms with van der Waals surface area (Å²) in [6, 6.07) is 20.8. The van der Waals surface area contributed by atoms with Gasteiger partial charge in [-0.2, -0.15) is 0 Å². The smallest absolute Gasteiger partial charge is 0.197 e. The Hall–Kier alpha value is -5.26. The molecule has 4 heterocycles. The zero-order chi connectivity index (χ0) is 30.4. The molecule has 0 amide bonds. The lowest BCUT2D eigenvalue weighted by atomic mass is 10.1. The molecule has 44 heavy (non-hydrogen) atoms. The van der Waals surface area contributed by atoms with Gasteiger partial charge in [-0.25, -0.2) is 14.6 Å². The summed E-state index contributed by atoms with van der Waals surface area (Å²) >= 11 is 0. The normalized spacial score (nSPS) is 10.9. The highest BCUT2D eigenvalue weighted by molar-refractivity contribution is 5.19. The fraction of sp³-hybridized carbons (Fsp3) is 0.312. The third kappa shape index (κ3) is 9.93. The van der Waals surface area contributed by atoms with Gasteiger partial charge in [-0.15, -0.1) is 10.2 Å². The topological polar surface area (TPSA) is 171 Å². The van der Waals surface area contributed by atoms with E-state index in [4.69, 9.17) is 11.5 Å². The van der Waals surface area contributed by atoms with Crippen LogP contribution in [0.5, 0.6) is 0 Å². The lowest BCUT2D eigenvalue weighted by molar-refractivity contribution is 0.558. The van der Waals surface area contributed by atoms with Crippen LogP contribution >= 0.6 is 0 Å². The molecule has 2 aromatic carbocycles. The molecule has 0 saturated carbocycles. The van der Waals surface area contributed by atoms with Crippen molar-refractivity contribution >= 4 is 11.9 Å². The van der Waals surface area contributed by atoms with E-state index in [1.54, 1.807) is 12.4 Å². The van der Waals surface area contributed by atoms with E-state index in [2.05, 4.69) is 77.0 Å². The number of imidazole rings is 2. The molecule has 0 aliphatic carbocycles. The van der Waals surface area contributed by atoms with Crippen LogP contribution in [0.4, 0.5) is 11.9 Å². The van der Waals surface area contributed by atoms with Crippen LogP contribution in [-0.4, -0.2) is 49.9 Å². The maximum Gasteiger partial charge on any atom is 0.197 e. The Morgan fingerprint density at radius 1 is 0.568 bits per heavy atom. The maximum atomic E-state index is 5.56. The molecule has 0 radical (unpaired) electrons. The van der Waals surface area contributed by atoms with Crippen LogP contribution in [0, 0.1) is 0 Å². The minimum atomic E-state index is 0.471. The first-order valence-corrected chi connectivity index (χ1v) is 15.0. The molecule has 6 aromatic rings. The minimum Gasteiger partial charge on any atom is -0.369 e. The average molecular weight is 593 g/mol. The van der Waals surface area contributed by atoms with Crippen molar-refractivity contribution < 1.29 is 0 Å². The predicted molar refractivity (Wildman–Crippen MR) is 170 cm³/mol. The monoisotopic (exact) mass is 592 g/mol. The van der Waals surface area contributed by atoms with E-state index in [0.29, 0.717) is 11.9 Å². The summed E-state index contributed by atoms with van der Waals surface area (Å²) in [5.74, 6) is 0.947. The Morgan fingerprint density at radius 2 is 1.09 bits per heavy atom. The van der Waals surface area contributed by atoms with E-state index in [9.17, 15) is 0 Å². The van der Waals surface area contributed by atoms with Gasteiger partial charge in [0.1, 0.15) is 0 Å². The number of nitrogens with zero attached hydrogens (tertiary/aromatic N) is 8. The summed E-state index contributed by atoms with van der Waals surface area (Å²) < 4.78 is 3.81. The highest BCUT2D eigenvalue weighted by Crippen LogP contribution is 2.09. The minimum absolute atomic E-state index is 0.471. The summed E-state index contributed by atoms with van der Waals surface area (Å²) in [7, 11) is 0. The van der Waals surface area contributed by atoms with Crippen molar-refractivity contribution in [2.45, 2.75) is 64.5 Å². The quantitative estimate of drug-likeness (QED) is 0.146. The van der Waals surface area contributed by atoms with Crippen LogP contribution in [-0.2, 0) is 45.2 Å². The molecule has 12 heteroatoms. The number of nitrogen functional groups attached to an aromatic ring is 2. The zero-order valence-electron chi connectivity index (χ0n) is 24.9. The van der Waals surface area contributed by atoms with Gasteiger partial charge in [0, 0.05) is 30.3 Å². The molecule has 6 N–H and O–H groups in total. The molecule has 228 valence electrons. The Kier molecular flexibility index (Phi) is 10.9. The first kappa shape index (κ1) is 30.2. The van der Waals surface area contributed by atoms with Gasteiger partial charge in [0.15, 0.2) is 11.9 Å². The second-order valence-corrected chi connectivity index (χ2v) is 10.7. The largest absolute Gasteiger partial charge is 0.369 e. The molecule has 0 aliphatic rings. The SMILES string of the molecule is Nc1ncc(CCCc2cn(CCCc3ccccc3)nn2)[nH]1.Nc1ncc(CCCc2cn(Cc3ccccc3)nn2)[nH]1. The van der Waals surface area contributed by atoms with Crippen molar-refractivity contribution in [1.29, 1.82) is 0 Å². The van der Waals surface area contributed by atoms with E-state index in [1.807, 2.05) is 46.0 Å². The highest BCUT2D eigenvalue weighted by Gasteiger charge is 2.05. The van der Waals surface area contributed by atoms with E-state index in [0.717, 1.165) is 87.2 Å². The van der Waals surface area contributed by atoms with Crippen molar-refractivity contribution in [3.63, 3.8) is 0 Å². The average Bonchev–Trinajstić information content (AvgIpc) is 3.85. The summed E-state index contributed by atoms with van der Waals surface area (Å²) in [5, 5.41) is 16.8. The third-order valence-electron chi connectivity index (χ3n) is 7.11. The molecule has 4 aromatic heterocycles. The number of rotatable bonds is 14. The van der Waals surface area contributed by atoms with Crippen LogP contribution in [0.2, 0.25) is 0 Å². The molecular formula is C32H40N12. The number of hydrogen-bond donors (Lipinski definition) is 4.